The zero-order valence-electron chi connectivity index (χ0n) is 7.02. The smallest absolute Gasteiger partial charge is 0.223 e. The van der Waals surface area contributed by atoms with Crippen molar-refractivity contribution >= 4 is 5.91 Å². The molecule has 1 amide bonds. The number of piperidine rings is 1. The second-order valence-corrected chi connectivity index (χ2v) is 2.92. The summed E-state index contributed by atoms with van der Waals surface area (Å²) in [5.74, 6) is 0.491. The standard InChI is InChI=1S/C8H16N2O.H2/c1-2-10-8(11)7-3-5-9-6-4-7;/h7,9H,2-6H2,1H3,(H,10,11);1H. The van der Waals surface area contributed by atoms with Crippen LogP contribution in [0.3, 0.4) is 0 Å². The quantitative estimate of drug-likeness (QED) is 0.609. The molecule has 3 nitrogen and oxygen atoms in total. The molecule has 0 saturated carbocycles. The van der Waals surface area contributed by atoms with Gasteiger partial charge in [-0.25, -0.2) is 0 Å². The van der Waals surface area contributed by atoms with Gasteiger partial charge < -0.3 is 10.6 Å². The summed E-state index contributed by atoms with van der Waals surface area (Å²) < 4.78 is 0. The number of nitrogens with one attached hydrogen (secondary N) is 2. The SMILES string of the molecule is CCNC(=O)C1CCNCC1.[HH]. The molecule has 1 heterocycles. The first kappa shape index (κ1) is 8.53. The summed E-state index contributed by atoms with van der Waals surface area (Å²) >= 11 is 0. The van der Waals surface area contributed by atoms with Crippen molar-refractivity contribution in [2.24, 2.45) is 5.92 Å². The Labute approximate surface area is 69.0 Å². The van der Waals surface area contributed by atoms with Gasteiger partial charge in [-0.1, -0.05) is 0 Å². The highest BCUT2D eigenvalue weighted by Crippen LogP contribution is 2.10. The minimum Gasteiger partial charge on any atom is -0.356 e. The lowest BCUT2D eigenvalue weighted by atomic mass is 9.97. The molecule has 0 radical (unpaired) electrons. The molecule has 1 fully saturated rings. The van der Waals surface area contributed by atoms with Crippen LogP contribution in [-0.2, 0) is 4.79 Å². The second-order valence-electron chi connectivity index (χ2n) is 2.92. The molecule has 11 heavy (non-hydrogen) atoms. The van der Waals surface area contributed by atoms with Crippen molar-refractivity contribution in [3.8, 4) is 0 Å². The molecule has 0 aromatic carbocycles. The molecule has 3 heteroatoms. The average molecular weight is 158 g/mol. The van der Waals surface area contributed by atoms with Gasteiger partial charge in [-0.2, -0.15) is 0 Å². The van der Waals surface area contributed by atoms with E-state index in [1.54, 1.807) is 0 Å². The van der Waals surface area contributed by atoms with Gasteiger partial charge in [0.15, 0.2) is 0 Å². The first-order valence-corrected chi connectivity index (χ1v) is 4.33. The minimum absolute atomic E-state index is 0. The largest absolute Gasteiger partial charge is 0.356 e. The predicted molar refractivity (Wildman–Crippen MR) is 46.4 cm³/mol. The molecular weight excluding hydrogens is 140 g/mol. The molecule has 1 saturated heterocycles. The van der Waals surface area contributed by atoms with Crippen LogP contribution in [-0.4, -0.2) is 25.5 Å². The van der Waals surface area contributed by atoms with E-state index in [-0.39, 0.29) is 13.3 Å². The Hall–Kier alpha value is -0.570. The Morgan fingerprint density at radius 2 is 2.27 bits per heavy atom. The highest BCUT2D eigenvalue weighted by molar-refractivity contribution is 5.78. The molecule has 1 aliphatic heterocycles. The van der Waals surface area contributed by atoms with Crippen molar-refractivity contribution < 1.29 is 6.22 Å². The second kappa shape index (κ2) is 4.34. The molecule has 0 aliphatic carbocycles. The van der Waals surface area contributed by atoms with E-state index in [4.69, 9.17) is 0 Å². The van der Waals surface area contributed by atoms with E-state index < -0.39 is 0 Å². The van der Waals surface area contributed by atoms with Gasteiger partial charge >= 0.3 is 0 Å². The van der Waals surface area contributed by atoms with Gasteiger partial charge in [-0.3, -0.25) is 4.79 Å². The number of carbonyl (C=O) groups excluding carboxylic acids is 1. The molecule has 0 bridgehead atoms. The summed E-state index contributed by atoms with van der Waals surface area (Å²) in [4.78, 5) is 11.3. The van der Waals surface area contributed by atoms with Crippen molar-refractivity contribution in [2.75, 3.05) is 19.6 Å². The topological polar surface area (TPSA) is 41.1 Å². The summed E-state index contributed by atoms with van der Waals surface area (Å²) in [6, 6.07) is 0. The third kappa shape index (κ3) is 2.50. The highest BCUT2D eigenvalue weighted by Gasteiger charge is 2.19. The molecular formula is C8H18N2O. The zero-order chi connectivity index (χ0) is 8.10. The first-order chi connectivity index (χ1) is 5.34. The van der Waals surface area contributed by atoms with Crippen LogP contribution in [0.1, 0.15) is 21.2 Å². The monoisotopic (exact) mass is 158 g/mol. The van der Waals surface area contributed by atoms with Gasteiger partial charge in [0.1, 0.15) is 0 Å². The summed E-state index contributed by atoms with van der Waals surface area (Å²) in [5, 5.41) is 6.08. The third-order valence-electron chi connectivity index (χ3n) is 2.06. The Bertz CT molecular complexity index is 135. The first-order valence-electron chi connectivity index (χ1n) is 4.33. The van der Waals surface area contributed by atoms with E-state index in [9.17, 15) is 4.79 Å². The molecule has 1 rings (SSSR count). The number of hydrogen-bond acceptors (Lipinski definition) is 2. The van der Waals surface area contributed by atoms with Crippen LogP contribution in [0.2, 0.25) is 0 Å². The predicted octanol–water partition coefficient (Wildman–Crippen LogP) is 0.368. The lowest BCUT2D eigenvalue weighted by Gasteiger charge is -2.21. The minimum atomic E-state index is 0. The number of hydrogen-bond donors (Lipinski definition) is 2. The normalized spacial score (nSPS) is 19.7. The van der Waals surface area contributed by atoms with Crippen LogP contribution in [0.5, 0.6) is 0 Å². The molecule has 0 aromatic heterocycles. The van der Waals surface area contributed by atoms with Gasteiger partial charge in [0, 0.05) is 13.9 Å². The summed E-state index contributed by atoms with van der Waals surface area (Å²) in [6.07, 6.45) is 1.98. The van der Waals surface area contributed by atoms with Crippen LogP contribution >= 0.6 is 0 Å². The van der Waals surface area contributed by atoms with E-state index in [0.29, 0.717) is 0 Å². The van der Waals surface area contributed by atoms with Crippen LogP contribution in [0.25, 0.3) is 0 Å². The van der Waals surface area contributed by atoms with E-state index in [2.05, 4.69) is 10.6 Å². The van der Waals surface area contributed by atoms with E-state index in [1.165, 1.54) is 0 Å². The van der Waals surface area contributed by atoms with Gasteiger partial charge in [0.2, 0.25) is 5.91 Å². The van der Waals surface area contributed by atoms with Crippen LogP contribution in [0, 0.1) is 5.92 Å². The summed E-state index contributed by atoms with van der Waals surface area (Å²) in [6.45, 7) is 4.69. The molecule has 1 aliphatic rings. The Morgan fingerprint density at radius 1 is 1.64 bits per heavy atom. The fourth-order valence-corrected chi connectivity index (χ4v) is 1.40. The maximum Gasteiger partial charge on any atom is 0.223 e. The van der Waals surface area contributed by atoms with Crippen molar-refractivity contribution in [3.63, 3.8) is 0 Å². The number of rotatable bonds is 2. The van der Waals surface area contributed by atoms with E-state index in [0.717, 1.165) is 32.5 Å². The lowest BCUT2D eigenvalue weighted by molar-refractivity contribution is -0.125. The average Bonchev–Trinajstić information content (AvgIpc) is 2.07. The number of carbonyl (C=O) groups is 1. The fraction of sp³-hybridized carbons (Fsp3) is 0.875. The fourth-order valence-electron chi connectivity index (χ4n) is 1.40. The third-order valence-corrected chi connectivity index (χ3v) is 2.06. The van der Waals surface area contributed by atoms with Gasteiger partial charge in [-0.15, -0.1) is 0 Å². The maximum absolute atomic E-state index is 11.3. The van der Waals surface area contributed by atoms with Gasteiger partial charge in [-0.05, 0) is 32.9 Å². The molecule has 66 valence electrons. The van der Waals surface area contributed by atoms with Crippen LogP contribution < -0.4 is 10.6 Å². The van der Waals surface area contributed by atoms with E-state index in [1.807, 2.05) is 6.92 Å². The maximum atomic E-state index is 11.3. The van der Waals surface area contributed by atoms with Crippen molar-refractivity contribution in [1.82, 2.24) is 10.6 Å². The molecule has 0 spiro atoms. The molecule has 2 N–H and O–H groups in total. The molecule has 0 aromatic rings. The summed E-state index contributed by atoms with van der Waals surface area (Å²) in [7, 11) is 0. The van der Waals surface area contributed by atoms with Crippen molar-refractivity contribution in [3.05, 3.63) is 0 Å². The molecule has 0 atom stereocenters. The van der Waals surface area contributed by atoms with Crippen molar-refractivity contribution in [1.29, 1.82) is 0 Å². The highest BCUT2D eigenvalue weighted by atomic mass is 16.1. The van der Waals surface area contributed by atoms with Gasteiger partial charge in [0.25, 0.3) is 0 Å². The van der Waals surface area contributed by atoms with Crippen LogP contribution in [0.15, 0.2) is 0 Å². The number of amides is 1. The van der Waals surface area contributed by atoms with E-state index >= 15 is 0 Å². The Kier molecular flexibility index (Phi) is 3.36. The van der Waals surface area contributed by atoms with Crippen LogP contribution in [0.4, 0.5) is 0 Å². The lowest BCUT2D eigenvalue weighted by Crippen LogP contribution is -2.37. The molecule has 0 unspecified atom stereocenters. The summed E-state index contributed by atoms with van der Waals surface area (Å²) in [5.41, 5.74) is 0. The Morgan fingerprint density at radius 3 is 2.82 bits per heavy atom. The Balaban J connectivity index is 0.00000121. The van der Waals surface area contributed by atoms with Gasteiger partial charge in [0.05, 0.1) is 0 Å². The van der Waals surface area contributed by atoms with Crippen molar-refractivity contribution in [2.45, 2.75) is 19.8 Å². The zero-order valence-corrected chi connectivity index (χ0v) is 7.02.